The normalized spacial score (nSPS) is 17.6. The molecule has 0 aromatic rings. The number of carbonyl (C=O) groups excluding carboxylic acids is 1. The van der Waals surface area contributed by atoms with Crippen molar-refractivity contribution >= 4 is 5.91 Å². The second-order valence-electron chi connectivity index (χ2n) is 5.49. The molecule has 1 fully saturated rings. The molecule has 1 atom stereocenters. The molecule has 1 unspecified atom stereocenters. The highest BCUT2D eigenvalue weighted by Crippen LogP contribution is 2.25. The van der Waals surface area contributed by atoms with Gasteiger partial charge in [0.15, 0.2) is 0 Å². The van der Waals surface area contributed by atoms with Crippen LogP contribution in [0.25, 0.3) is 0 Å². The third kappa shape index (κ3) is 4.97. The fourth-order valence-electron chi connectivity index (χ4n) is 1.74. The quantitative estimate of drug-likeness (QED) is 0.720. The number of amides is 1. The van der Waals surface area contributed by atoms with Gasteiger partial charge in [-0.1, -0.05) is 13.8 Å². The van der Waals surface area contributed by atoms with Crippen molar-refractivity contribution in [2.45, 2.75) is 58.5 Å². The number of hydrogen-bond donors (Lipinski definition) is 1. The number of carbonyl (C=O) groups is 1. The van der Waals surface area contributed by atoms with Gasteiger partial charge in [0, 0.05) is 19.1 Å². The van der Waals surface area contributed by atoms with Crippen LogP contribution in [-0.2, 0) is 4.79 Å². The van der Waals surface area contributed by atoms with E-state index in [1.807, 2.05) is 11.9 Å². The molecule has 3 heteroatoms. The van der Waals surface area contributed by atoms with Crippen LogP contribution in [0.4, 0.5) is 0 Å². The summed E-state index contributed by atoms with van der Waals surface area (Å²) in [5.41, 5.74) is 0. The van der Waals surface area contributed by atoms with Crippen molar-refractivity contribution in [3.63, 3.8) is 0 Å². The SMILES string of the molecule is CC(C)CCC(C)NCC(=O)N(C)C1CC1. The first-order valence-corrected chi connectivity index (χ1v) is 6.49. The van der Waals surface area contributed by atoms with Crippen LogP contribution in [-0.4, -0.2) is 36.5 Å². The number of likely N-dealkylation sites (N-methyl/N-ethyl adjacent to an activating group) is 1. The molecule has 0 aliphatic heterocycles. The summed E-state index contributed by atoms with van der Waals surface area (Å²) in [6.07, 6.45) is 4.75. The topological polar surface area (TPSA) is 32.3 Å². The van der Waals surface area contributed by atoms with Crippen LogP contribution in [0.1, 0.15) is 46.5 Å². The molecule has 1 N–H and O–H groups in total. The minimum atomic E-state index is 0.235. The molecule has 0 aromatic carbocycles. The molecule has 1 amide bonds. The lowest BCUT2D eigenvalue weighted by Crippen LogP contribution is -2.40. The lowest BCUT2D eigenvalue weighted by Gasteiger charge is -2.19. The Morgan fingerprint density at radius 2 is 1.94 bits per heavy atom. The highest BCUT2D eigenvalue weighted by molar-refractivity contribution is 5.78. The van der Waals surface area contributed by atoms with E-state index in [-0.39, 0.29) is 5.91 Å². The molecule has 94 valence electrons. The van der Waals surface area contributed by atoms with Gasteiger partial charge < -0.3 is 10.2 Å². The summed E-state index contributed by atoms with van der Waals surface area (Å²) in [5.74, 6) is 0.980. The monoisotopic (exact) mass is 226 g/mol. The minimum absolute atomic E-state index is 0.235. The molecule has 1 saturated carbocycles. The zero-order valence-electron chi connectivity index (χ0n) is 11.1. The van der Waals surface area contributed by atoms with Gasteiger partial charge in [-0.15, -0.1) is 0 Å². The summed E-state index contributed by atoms with van der Waals surface area (Å²) >= 11 is 0. The van der Waals surface area contributed by atoms with Crippen molar-refractivity contribution in [2.75, 3.05) is 13.6 Å². The first-order chi connectivity index (χ1) is 7.50. The van der Waals surface area contributed by atoms with E-state index in [2.05, 4.69) is 26.1 Å². The Kier molecular flexibility index (Phi) is 5.26. The third-order valence-electron chi connectivity index (χ3n) is 3.27. The molecule has 0 heterocycles. The fraction of sp³-hybridized carbons (Fsp3) is 0.923. The van der Waals surface area contributed by atoms with Crippen LogP contribution in [0.15, 0.2) is 0 Å². The van der Waals surface area contributed by atoms with E-state index in [1.54, 1.807) is 0 Å². The molecule has 3 nitrogen and oxygen atoms in total. The van der Waals surface area contributed by atoms with Gasteiger partial charge in [-0.25, -0.2) is 0 Å². The zero-order valence-corrected chi connectivity index (χ0v) is 11.1. The molecule has 0 aromatic heterocycles. The van der Waals surface area contributed by atoms with Gasteiger partial charge in [-0.3, -0.25) is 4.79 Å². The molecule has 1 rings (SSSR count). The Bertz CT molecular complexity index is 224. The van der Waals surface area contributed by atoms with Crippen molar-refractivity contribution in [1.82, 2.24) is 10.2 Å². The first-order valence-electron chi connectivity index (χ1n) is 6.49. The molecule has 0 radical (unpaired) electrons. The molecule has 0 spiro atoms. The Morgan fingerprint density at radius 1 is 1.31 bits per heavy atom. The van der Waals surface area contributed by atoms with Gasteiger partial charge in [0.25, 0.3) is 0 Å². The fourth-order valence-corrected chi connectivity index (χ4v) is 1.74. The Morgan fingerprint density at radius 3 is 2.44 bits per heavy atom. The molecule has 0 bridgehead atoms. The summed E-state index contributed by atoms with van der Waals surface area (Å²) in [6, 6.07) is 0.972. The van der Waals surface area contributed by atoms with E-state index in [0.717, 1.165) is 12.3 Å². The van der Waals surface area contributed by atoms with E-state index in [4.69, 9.17) is 0 Å². The number of nitrogens with zero attached hydrogens (tertiary/aromatic N) is 1. The van der Waals surface area contributed by atoms with Crippen molar-refractivity contribution in [3.8, 4) is 0 Å². The van der Waals surface area contributed by atoms with Crippen LogP contribution in [0.2, 0.25) is 0 Å². The van der Waals surface area contributed by atoms with Crippen molar-refractivity contribution in [1.29, 1.82) is 0 Å². The Balaban J connectivity index is 2.10. The largest absolute Gasteiger partial charge is 0.342 e. The maximum Gasteiger partial charge on any atom is 0.236 e. The highest BCUT2D eigenvalue weighted by Gasteiger charge is 2.29. The summed E-state index contributed by atoms with van der Waals surface area (Å²) in [5, 5.41) is 3.31. The van der Waals surface area contributed by atoms with Crippen LogP contribution < -0.4 is 5.32 Å². The van der Waals surface area contributed by atoms with E-state index >= 15 is 0 Å². The second kappa shape index (κ2) is 6.24. The summed E-state index contributed by atoms with van der Waals surface area (Å²) in [7, 11) is 1.92. The lowest BCUT2D eigenvalue weighted by atomic mass is 10.0. The Hall–Kier alpha value is -0.570. The molecular formula is C13H26N2O. The van der Waals surface area contributed by atoms with Crippen LogP contribution in [0.5, 0.6) is 0 Å². The summed E-state index contributed by atoms with van der Waals surface area (Å²) in [6.45, 7) is 7.12. The molecule has 0 saturated heterocycles. The zero-order chi connectivity index (χ0) is 12.1. The molecular weight excluding hydrogens is 200 g/mol. The third-order valence-corrected chi connectivity index (χ3v) is 3.27. The number of hydrogen-bond acceptors (Lipinski definition) is 2. The number of rotatable bonds is 7. The van der Waals surface area contributed by atoms with Gasteiger partial charge >= 0.3 is 0 Å². The van der Waals surface area contributed by atoms with Crippen LogP contribution in [0, 0.1) is 5.92 Å². The van der Waals surface area contributed by atoms with Gasteiger partial charge in [0.1, 0.15) is 0 Å². The predicted molar refractivity (Wildman–Crippen MR) is 67.3 cm³/mol. The standard InChI is InChI=1S/C13H26N2O/c1-10(2)5-6-11(3)14-9-13(16)15(4)12-7-8-12/h10-12,14H,5-9H2,1-4H3. The van der Waals surface area contributed by atoms with E-state index in [1.165, 1.54) is 19.3 Å². The Labute approximate surface area is 99.6 Å². The van der Waals surface area contributed by atoms with Gasteiger partial charge in [-0.05, 0) is 38.5 Å². The predicted octanol–water partition coefficient (Wildman–Crippen LogP) is 2.02. The van der Waals surface area contributed by atoms with Crippen molar-refractivity contribution < 1.29 is 4.79 Å². The smallest absolute Gasteiger partial charge is 0.236 e. The lowest BCUT2D eigenvalue weighted by molar-refractivity contribution is -0.129. The summed E-state index contributed by atoms with van der Waals surface area (Å²) < 4.78 is 0. The van der Waals surface area contributed by atoms with E-state index < -0.39 is 0 Å². The van der Waals surface area contributed by atoms with Crippen LogP contribution >= 0.6 is 0 Å². The molecule has 1 aliphatic carbocycles. The van der Waals surface area contributed by atoms with E-state index in [0.29, 0.717) is 18.6 Å². The average molecular weight is 226 g/mol. The van der Waals surface area contributed by atoms with Gasteiger partial charge in [-0.2, -0.15) is 0 Å². The minimum Gasteiger partial charge on any atom is -0.342 e. The summed E-state index contributed by atoms with van der Waals surface area (Å²) in [4.78, 5) is 13.6. The first kappa shape index (κ1) is 13.5. The van der Waals surface area contributed by atoms with Crippen LogP contribution in [0.3, 0.4) is 0 Å². The van der Waals surface area contributed by atoms with Crippen molar-refractivity contribution in [3.05, 3.63) is 0 Å². The van der Waals surface area contributed by atoms with E-state index in [9.17, 15) is 4.79 Å². The van der Waals surface area contributed by atoms with Gasteiger partial charge in [0.05, 0.1) is 6.54 Å². The average Bonchev–Trinajstić information content (AvgIpc) is 3.05. The highest BCUT2D eigenvalue weighted by atomic mass is 16.2. The molecule has 16 heavy (non-hydrogen) atoms. The van der Waals surface area contributed by atoms with Crippen molar-refractivity contribution in [2.24, 2.45) is 5.92 Å². The van der Waals surface area contributed by atoms with Gasteiger partial charge in [0.2, 0.25) is 5.91 Å². The second-order valence-corrected chi connectivity index (χ2v) is 5.49. The molecule has 1 aliphatic rings. The maximum absolute atomic E-state index is 11.7. The number of nitrogens with one attached hydrogen (secondary N) is 1. The maximum atomic E-state index is 11.7.